The number of hydrogen-bond acceptors (Lipinski definition) is 2. The molecular weight excluding hydrogens is 237 g/mol. The molecule has 1 rings (SSSR count). The van der Waals surface area contributed by atoms with Gasteiger partial charge in [-0.2, -0.15) is 13.2 Å². The Morgan fingerprint density at radius 2 is 1.94 bits per heavy atom. The molecule has 0 aromatic heterocycles. The van der Waals surface area contributed by atoms with Crippen LogP contribution in [-0.2, 0) is 0 Å². The summed E-state index contributed by atoms with van der Waals surface area (Å²) in [5.74, 6) is -0.960. The molecule has 1 fully saturated rings. The SMILES string of the molecule is CC[C@@H](CC(O)(C1CC1)C(F)(F)F)C(C)=S. The number of aliphatic hydroxyl groups is 1. The van der Waals surface area contributed by atoms with E-state index in [9.17, 15) is 18.3 Å². The molecule has 0 heterocycles. The van der Waals surface area contributed by atoms with Crippen molar-refractivity contribution in [1.29, 1.82) is 0 Å². The molecule has 0 aromatic rings. The van der Waals surface area contributed by atoms with Crippen molar-refractivity contribution < 1.29 is 18.3 Å². The third kappa shape index (κ3) is 2.74. The molecule has 94 valence electrons. The second kappa shape index (κ2) is 4.61. The minimum Gasteiger partial charge on any atom is -0.380 e. The van der Waals surface area contributed by atoms with E-state index in [1.807, 2.05) is 0 Å². The van der Waals surface area contributed by atoms with Gasteiger partial charge in [0.25, 0.3) is 0 Å². The van der Waals surface area contributed by atoms with Crippen molar-refractivity contribution in [2.75, 3.05) is 0 Å². The van der Waals surface area contributed by atoms with Crippen molar-refractivity contribution in [3.8, 4) is 0 Å². The van der Waals surface area contributed by atoms with Gasteiger partial charge in [-0.05, 0) is 49.3 Å². The fourth-order valence-electron chi connectivity index (χ4n) is 2.03. The van der Waals surface area contributed by atoms with Gasteiger partial charge in [0.2, 0.25) is 0 Å². The quantitative estimate of drug-likeness (QED) is 0.758. The number of alkyl halides is 3. The summed E-state index contributed by atoms with van der Waals surface area (Å²) < 4.78 is 38.6. The lowest BCUT2D eigenvalue weighted by Crippen LogP contribution is -2.49. The maximum atomic E-state index is 12.9. The fraction of sp³-hybridized carbons (Fsp3) is 0.909. The minimum absolute atomic E-state index is 0.285. The average molecular weight is 254 g/mol. The van der Waals surface area contributed by atoms with Crippen LogP contribution in [-0.4, -0.2) is 21.7 Å². The molecule has 16 heavy (non-hydrogen) atoms. The smallest absolute Gasteiger partial charge is 0.380 e. The Morgan fingerprint density at radius 1 is 1.44 bits per heavy atom. The van der Waals surface area contributed by atoms with Gasteiger partial charge in [-0.3, -0.25) is 0 Å². The van der Waals surface area contributed by atoms with Crippen molar-refractivity contribution in [3.05, 3.63) is 0 Å². The van der Waals surface area contributed by atoms with Gasteiger partial charge >= 0.3 is 6.18 Å². The van der Waals surface area contributed by atoms with Gasteiger partial charge < -0.3 is 5.11 Å². The van der Waals surface area contributed by atoms with Crippen LogP contribution < -0.4 is 0 Å². The molecule has 0 aliphatic heterocycles. The largest absolute Gasteiger partial charge is 0.417 e. The van der Waals surface area contributed by atoms with Gasteiger partial charge in [-0.25, -0.2) is 0 Å². The zero-order valence-electron chi connectivity index (χ0n) is 9.47. The third-order valence-electron chi connectivity index (χ3n) is 3.37. The summed E-state index contributed by atoms with van der Waals surface area (Å²) in [6, 6.07) is 0. The van der Waals surface area contributed by atoms with Crippen molar-refractivity contribution >= 4 is 17.1 Å². The molecule has 1 unspecified atom stereocenters. The number of halogens is 3. The van der Waals surface area contributed by atoms with Crippen LogP contribution in [0.3, 0.4) is 0 Å². The summed E-state index contributed by atoms with van der Waals surface area (Å²) in [7, 11) is 0. The molecule has 1 N–H and O–H groups in total. The second-order valence-corrected chi connectivity index (χ2v) is 5.26. The lowest BCUT2D eigenvalue weighted by atomic mass is 9.83. The van der Waals surface area contributed by atoms with Crippen LogP contribution in [0.2, 0.25) is 0 Å². The minimum atomic E-state index is -4.55. The first kappa shape index (κ1) is 13.9. The molecule has 1 nitrogen and oxygen atoms in total. The molecule has 0 spiro atoms. The zero-order chi connectivity index (χ0) is 12.6. The van der Waals surface area contributed by atoms with E-state index in [4.69, 9.17) is 12.2 Å². The molecule has 5 heteroatoms. The topological polar surface area (TPSA) is 20.2 Å². The van der Waals surface area contributed by atoms with E-state index >= 15 is 0 Å². The maximum absolute atomic E-state index is 12.9. The lowest BCUT2D eigenvalue weighted by molar-refractivity contribution is -0.273. The Morgan fingerprint density at radius 3 is 2.19 bits per heavy atom. The monoisotopic (exact) mass is 254 g/mol. The highest BCUT2D eigenvalue weighted by molar-refractivity contribution is 7.80. The first-order valence-corrected chi connectivity index (χ1v) is 5.92. The molecule has 0 bridgehead atoms. The van der Waals surface area contributed by atoms with Gasteiger partial charge in [-0.15, -0.1) is 0 Å². The average Bonchev–Trinajstić information content (AvgIpc) is 2.94. The molecule has 0 aromatic carbocycles. The molecule has 1 saturated carbocycles. The highest BCUT2D eigenvalue weighted by atomic mass is 32.1. The highest BCUT2D eigenvalue weighted by Gasteiger charge is 2.61. The number of thiocarbonyl (C=S) groups is 1. The van der Waals surface area contributed by atoms with Gasteiger partial charge in [0, 0.05) is 0 Å². The predicted molar refractivity (Wildman–Crippen MR) is 60.4 cm³/mol. The maximum Gasteiger partial charge on any atom is 0.417 e. The van der Waals surface area contributed by atoms with E-state index in [0.29, 0.717) is 24.1 Å². The van der Waals surface area contributed by atoms with Crippen LogP contribution in [0.5, 0.6) is 0 Å². The summed E-state index contributed by atoms with van der Waals surface area (Å²) in [4.78, 5) is 0.547. The van der Waals surface area contributed by atoms with Crippen LogP contribution >= 0.6 is 12.2 Å². The van der Waals surface area contributed by atoms with Crippen LogP contribution in [0.4, 0.5) is 13.2 Å². The van der Waals surface area contributed by atoms with Crippen molar-refractivity contribution in [3.63, 3.8) is 0 Å². The van der Waals surface area contributed by atoms with Gasteiger partial charge in [0.1, 0.15) is 0 Å². The van der Waals surface area contributed by atoms with E-state index in [1.165, 1.54) is 0 Å². The van der Waals surface area contributed by atoms with Crippen molar-refractivity contribution in [2.24, 2.45) is 11.8 Å². The van der Waals surface area contributed by atoms with Gasteiger partial charge in [-0.1, -0.05) is 19.1 Å². The molecular formula is C11H17F3OS. The van der Waals surface area contributed by atoms with E-state index in [0.717, 1.165) is 0 Å². The van der Waals surface area contributed by atoms with Crippen molar-refractivity contribution in [2.45, 2.75) is 51.3 Å². The van der Waals surface area contributed by atoms with Crippen LogP contribution in [0.25, 0.3) is 0 Å². The standard InChI is InChI=1S/C11H17F3OS/c1-3-8(7(2)16)6-10(15,9-4-5-9)11(12,13)14/h8-9,15H,3-6H2,1-2H3/t8-,10?/m0/s1. The van der Waals surface area contributed by atoms with E-state index in [-0.39, 0.29) is 12.3 Å². The van der Waals surface area contributed by atoms with Crippen LogP contribution in [0.1, 0.15) is 39.5 Å². The van der Waals surface area contributed by atoms with Gasteiger partial charge in [0.05, 0.1) is 0 Å². The predicted octanol–water partition coefficient (Wildman–Crippen LogP) is 3.50. The Labute approximate surface area is 99.0 Å². The molecule has 0 saturated heterocycles. The molecule has 0 amide bonds. The fourth-order valence-corrected chi connectivity index (χ4v) is 2.28. The summed E-state index contributed by atoms with van der Waals surface area (Å²) in [6.45, 7) is 3.44. The molecule has 2 atom stereocenters. The van der Waals surface area contributed by atoms with Crippen molar-refractivity contribution in [1.82, 2.24) is 0 Å². The second-order valence-electron chi connectivity index (χ2n) is 4.62. The summed E-state index contributed by atoms with van der Waals surface area (Å²) >= 11 is 4.94. The summed E-state index contributed by atoms with van der Waals surface area (Å²) in [6.07, 6.45) is -3.37. The Hall–Kier alpha value is -0.160. The molecule has 1 aliphatic carbocycles. The normalized spacial score (nSPS) is 22.6. The van der Waals surface area contributed by atoms with E-state index < -0.39 is 17.7 Å². The molecule has 1 aliphatic rings. The van der Waals surface area contributed by atoms with E-state index in [1.54, 1.807) is 13.8 Å². The first-order valence-electron chi connectivity index (χ1n) is 5.52. The molecule has 0 radical (unpaired) electrons. The van der Waals surface area contributed by atoms with Gasteiger partial charge in [0.15, 0.2) is 5.60 Å². The third-order valence-corrected chi connectivity index (χ3v) is 3.70. The Balaban J connectivity index is 2.82. The number of rotatable bonds is 5. The number of hydrogen-bond donors (Lipinski definition) is 1. The Bertz CT molecular complexity index is 273. The zero-order valence-corrected chi connectivity index (χ0v) is 10.3. The van der Waals surface area contributed by atoms with E-state index in [2.05, 4.69) is 0 Å². The summed E-state index contributed by atoms with van der Waals surface area (Å²) in [5.41, 5.74) is -2.53. The van der Waals surface area contributed by atoms with Crippen LogP contribution in [0.15, 0.2) is 0 Å². The summed E-state index contributed by atoms with van der Waals surface area (Å²) in [5, 5.41) is 9.85. The highest BCUT2D eigenvalue weighted by Crippen LogP contribution is 2.51. The lowest BCUT2D eigenvalue weighted by Gasteiger charge is -2.33. The van der Waals surface area contributed by atoms with Crippen LogP contribution in [0, 0.1) is 11.8 Å². The first-order chi connectivity index (χ1) is 7.22. The Kier molecular flexibility index (Phi) is 4.00.